The predicted octanol–water partition coefficient (Wildman–Crippen LogP) is 3.13. The highest BCUT2D eigenvalue weighted by atomic mass is 16.3. The van der Waals surface area contributed by atoms with E-state index in [1.165, 1.54) is 0 Å². The van der Waals surface area contributed by atoms with Crippen LogP contribution in [0.3, 0.4) is 0 Å². The minimum atomic E-state index is 0.869. The lowest BCUT2D eigenvalue weighted by Crippen LogP contribution is -1.75. The molecule has 0 saturated carbocycles. The number of benzene rings is 1. The van der Waals surface area contributed by atoms with Crippen molar-refractivity contribution in [1.82, 2.24) is 9.97 Å². The van der Waals surface area contributed by atoms with Crippen LogP contribution in [0.15, 0.2) is 41.2 Å². The molecule has 3 rings (SSSR count). The number of hydrogen-bond acceptors (Lipinski definition) is 2. The predicted molar refractivity (Wildman–Crippen MR) is 58.5 cm³/mol. The Balaban J connectivity index is 2.33. The molecule has 3 heteroatoms. The number of imidazole rings is 1. The summed E-state index contributed by atoms with van der Waals surface area (Å²) in [6.07, 6.45) is 3.42. The van der Waals surface area contributed by atoms with E-state index in [4.69, 9.17) is 4.42 Å². The Labute approximate surface area is 86.8 Å². The van der Waals surface area contributed by atoms with Gasteiger partial charge in [-0.2, -0.15) is 0 Å². The summed E-state index contributed by atoms with van der Waals surface area (Å²) in [6, 6.07) is 8.03. The van der Waals surface area contributed by atoms with Gasteiger partial charge in [-0.05, 0) is 13.0 Å². The van der Waals surface area contributed by atoms with E-state index in [1.54, 1.807) is 12.5 Å². The van der Waals surface area contributed by atoms with Crippen LogP contribution in [-0.2, 0) is 0 Å². The lowest BCUT2D eigenvalue weighted by atomic mass is 10.1. The van der Waals surface area contributed by atoms with Gasteiger partial charge in [-0.1, -0.05) is 18.2 Å². The summed E-state index contributed by atoms with van der Waals surface area (Å²) < 4.78 is 5.77. The molecule has 3 aromatic rings. The van der Waals surface area contributed by atoms with Gasteiger partial charge in [-0.25, -0.2) is 4.98 Å². The zero-order valence-corrected chi connectivity index (χ0v) is 8.32. The van der Waals surface area contributed by atoms with Crippen LogP contribution < -0.4 is 0 Å². The van der Waals surface area contributed by atoms with Gasteiger partial charge in [0.1, 0.15) is 11.3 Å². The Morgan fingerprint density at radius 2 is 2.13 bits per heavy atom. The van der Waals surface area contributed by atoms with E-state index >= 15 is 0 Å². The first-order valence-electron chi connectivity index (χ1n) is 4.83. The second-order valence-corrected chi connectivity index (χ2v) is 3.52. The highest BCUT2D eigenvalue weighted by Gasteiger charge is 2.12. The molecule has 0 atom stereocenters. The molecule has 2 heterocycles. The standard InChI is InChI=1S/C12H10N2O/c1-8-9-4-2-3-5-11(9)15-12(8)10-6-13-7-14-10/h2-7H,1H3,(H,13,14). The van der Waals surface area contributed by atoms with Crippen LogP contribution in [0.1, 0.15) is 5.56 Å². The number of aromatic amines is 1. The van der Waals surface area contributed by atoms with Crippen LogP contribution in [0, 0.1) is 6.92 Å². The van der Waals surface area contributed by atoms with Crippen LogP contribution >= 0.6 is 0 Å². The summed E-state index contributed by atoms with van der Waals surface area (Å²) in [5.41, 5.74) is 2.98. The molecule has 0 aliphatic heterocycles. The van der Waals surface area contributed by atoms with Crippen molar-refractivity contribution < 1.29 is 4.42 Å². The van der Waals surface area contributed by atoms with Crippen molar-refractivity contribution in [3.63, 3.8) is 0 Å². The molecule has 0 amide bonds. The van der Waals surface area contributed by atoms with E-state index in [2.05, 4.69) is 23.0 Å². The molecule has 74 valence electrons. The molecule has 0 unspecified atom stereocenters. The van der Waals surface area contributed by atoms with Gasteiger partial charge < -0.3 is 9.40 Å². The van der Waals surface area contributed by atoms with Crippen LogP contribution in [0.25, 0.3) is 22.4 Å². The fourth-order valence-electron chi connectivity index (χ4n) is 1.81. The Kier molecular flexibility index (Phi) is 1.65. The smallest absolute Gasteiger partial charge is 0.156 e. The molecule has 0 fully saturated rings. The van der Waals surface area contributed by atoms with Gasteiger partial charge in [-0.3, -0.25) is 0 Å². The minimum absolute atomic E-state index is 0.869. The van der Waals surface area contributed by atoms with Gasteiger partial charge in [0.2, 0.25) is 0 Å². The Hall–Kier alpha value is -2.03. The normalized spacial score (nSPS) is 11.0. The molecule has 0 radical (unpaired) electrons. The Morgan fingerprint density at radius 1 is 1.27 bits per heavy atom. The molecule has 0 aliphatic carbocycles. The minimum Gasteiger partial charge on any atom is -0.454 e. The number of nitrogens with one attached hydrogen (secondary N) is 1. The maximum atomic E-state index is 5.77. The fourth-order valence-corrected chi connectivity index (χ4v) is 1.81. The van der Waals surface area contributed by atoms with Crippen LogP contribution in [-0.4, -0.2) is 9.97 Å². The molecule has 0 bridgehead atoms. The summed E-state index contributed by atoms with van der Waals surface area (Å²) >= 11 is 0. The highest BCUT2D eigenvalue weighted by Crippen LogP contribution is 2.31. The van der Waals surface area contributed by atoms with Crippen molar-refractivity contribution in [2.45, 2.75) is 6.92 Å². The largest absolute Gasteiger partial charge is 0.454 e. The summed E-state index contributed by atoms with van der Waals surface area (Å²) in [4.78, 5) is 7.04. The van der Waals surface area contributed by atoms with Crippen molar-refractivity contribution in [3.05, 3.63) is 42.4 Å². The first kappa shape index (κ1) is 8.29. The third kappa shape index (κ3) is 1.16. The summed E-state index contributed by atoms with van der Waals surface area (Å²) in [7, 11) is 0. The lowest BCUT2D eigenvalue weighted by molar-refractivity contribution is 0.627. The molecule has 0 saturated heterocycles. The Morgan fingerprint density at radius 3 is 2.87 bits per heavy atom. The second kappa shape index (κ2) is 2.98. The number of aryl methyl sites for hydroxylation is 1. The topological polar surface area (TPSA) is 41.8 Å². The lowest BCUT2D eigenvalue weighted by Gasteiger charge is -1.91. The molecule has 1 N–H and O–H groups in total. The first-order valence-corrected chi connectivity index (χ1v) is 4.83. The maximum absolute atomic E-state index is 5.77. The Bertz CT molecular complexity index is 593. The van der Waals surface area contributed by atoms with E-state index < -0.39 is 0 Å². The van der Waals surface area contributed by atoms with Gasteiger partial charge in [0, 0.05) is 10.9 Å². The molecular formula is C12H10N2O. The van der Waals surface area contributed by atoms with Crippen LogP contribution in [0.2, 0.25) is 0 Å². The van der Waals surface area contributed by atoms with Crippen molar-refractivity contribution >= 4 is 11.0 Å². The molecule has 3 nitrogen and oxygen atoms in total. The average Bonchev–Trinajstić information content (AvgIpc) is 2.87. The number of furan rings is 1. The van der Waals surface area contributed by atoms with E-state index in [0.717, 1.165) is 28.0 Å². The van der Waals surface area contributed by atoms with Crippen molar-refractivity contribution in [1.29, 1.82) is 0 Å². The van der Waals surface area contributed by atoms with E-state index in [-0.39, 0.29) is 0 Å². The van der Waals surface area contributed by atoms with Gasteiger partial charge in [0.15, 0.2) is 5.76 Å². The van der Waals surface area contributed by atoms with Crippen LogP contribution in [0.5, 0.6) is 0 Å². The monoisotopic (exact) mass is 198 g/mol. The highest BCUT2D eigenvalue weighted by molar-refractivity contribution is 5.86. The maximum Gasteiger partial charge on any atom is 0.156 e. The zero-order valence-electron chi connectivity index (χ0n) is 8.32. The summed E-state index contributed by atoms with van der Waals surface area (Å²) in [6.45, 7) is 2.06. The molecule has 15 heavy (non-hydrogen) atoms. The van der Waals surface area contributed by atoms with Crippen molar-refractivity contribution in [2.75, 3.05) is 0 Å². The van der Waals surface area contributed by atoms with E-state index in [1.807, 2.05) is 18.2 Å². The van der Waals surface area contributed by atoms with Crippen molar-refractivity contribution in [3.8, 4) is 11.5 Å². The second-order valence-electron chi connectivity index (χ2n) is 3.52. The molecule has 1 aromatic carbocycles. The van der Waals surface area contributed by atoms with Gasteiger partial charge >= 0.3 is 0 Å². The number of nitrogens with zero attached hydrogens (tertiary/aromatic N) is 1. The number of para-hydroxylation sites is 1. The van der Waals surface area contributed by atoms with E-state index in [0.29, 0.717) is 0 Å². The van der Waals surface area contributed by atoms with Crippen molar-refractivity contribution in [2.24, 2.45) is 0 Å². The fraction of sp³-hybridized carbons (Fsp3) is 0.0833. The molecule has 2 aromatic heterocycles. The number of H-pyrrole nitrogens is 1. The van der Waals surface area contributed by atoms with Gasteiger partial charge in [-0.15, -0.1) is 0 Å². The quantitative estimate of drug-likeness (QED) is 0.652. The van der Waals surface area contributed by atoms with Crippen LogP contribution in [0.4, 0.5) is 0 Å². The molecule has 0 spiro atoms. The van der Waals surface area contributed by atoms with E-state index in [9.17, 15) is 0 Å². The first-order chi connectivity index (χ1) is 7.36. The molecule has 0 aliphatic rings. The average molecular weight is 198 g/mol. The third-order valence-corrected chi connectivity index (χ3v) is 2.59. The van der Waals surface area contributed by atoms with Gasteiger partial charge in [0.05, 0.1) is 12.5 Å². The SMILES string of the molecule is Cc1c(-c2cnc[nH]2)oc2ccccc12. The third-order valence-electron chi connectivity index (χ3n) is 2.59. The number of fused-ring (bicyclic) bond motifs is 1. The van der Waals surface area contributed by atoms with Gasteiger partial charge in [0.25, 0.3) is 0 Å². The number of rotatable bonds is 1. The zero-order chi connectivity index (χ0) is 10.3. The summed E-state index contributed by atoms with van der Waals surface area (Å²) in [5.74, 6) is 0.869. The number of hydrogen-bond donors (Lipinski definition) is 1. The molecular weight excluding hydrogens is 188 g/mol. The summed E-state index contributed by atoms with van der Waals surface area (Å²) in [5, 5.41) is 1.15. The number of aromatic nitrogens is 2.